The Kier molecular flexibility index (Phi) is 4.66. The molecule has 1 aromatic rings. The van der Waals surface area contributed by atoms with E-state index < -0.39 is 25.9 Å². The maximum absolute atomic E-state index is 12.9. The van der Waals surface area contributed by atoms with Crippen molar-refractivity contribution < 1.29 is 21.2 Å². The van der Waals surface area contributed by atoms with E-state index in [1.54, 1.807) is 0 Å². The van der Waals surface area contributed by atoms with E-state index in [0.29, 0.717) is 12.8 Å². The number of nitrogens with zero attached hydrogens (tertiary/aromatic N) is 1. The van der Waals surface area contributed by atoms with Crippen LogP contribution in [0.3, 0.4) is 0 Å². The standard InChI is InChI=1S/C12H17FN2O4S2/c1-20(16,17)14-11-6-8-15(9-7-11)21(18,19)12-4-2-10(13)3-5-12/h2-5,11,14H,6-9H2,1H3. The normalized spacial score (nSPS) is 18.8. The van der Waals surface area contributed by atoms with Gasteiger partial charge in [0.05, 0.1) is 11.2 Å². The van der Waals surface area contributed by atoms with E-state index in [2.05, 4.69) is 4.72 Å². The molecule has 1 aromatic carbocycles. The molecule has 0 spiro atoms. The molecule has 118 valence electrons. The van der Waals surface area contributed by atoms with E-state index >= 15 is 0 Å². The predicted octanol–water partition coefficient (Wildman–Crippen LogP) is 0.528. The molecule has 9 heteroatoms. The average molecular weight is 336 g/mol. The Morgan fingerprint density at radius 2 is 1.62 bits per heavy atom. The Morgan fingerprint density at radius 3 is 2.10 bits per heavy atom. The molecule has 21 heavy (non-hydrogen) atoms. The monoisotopic (exact) mass is 336 g/mol. The van der Waals surface area contributed by atoms with E-state index in [1.165, 1.54) is 16.4 Å². The van der Waals surface area contributed by atoms with Gasteiger partial charge < -0.3 is 0 Å². The third-order valence-corrected chi connectivity index (χ3v) is 5.96. The fraction of sp³-hybridized carbons (Fsp3) is 0.500. The van der Waals surface area contributed by atoms with Gasteiger partial charge in [0, 0.05) is 19.1 Å². The summed E-state index contributed by atoms with van der Waals surface area (Å²) in [4.78, 5) is 0.0402. The number of hydrogen-bond donors (Lipinski definition) is 1. The van der Waals surface area contributed by atoms with Gasteiger partial charge in [0.15, 0.2) is 0 Å². The molecule has 1 N–H and O–H groups in total. The van der Waals surface area contributed by atoms with Crippen molar-refractivity contribution in [1.82, 2.24) is 9.03 Å². The van der Waals surface area contributed by atoms with Crippen molar-refractivity contribution in [2.75, 3.05) is 19.3 Å². The van der Waals surface area contributed by atoms with Gasteiger partial charge in [0.25, 0.3) is 0 Å². The third-order valence-electron chi connectivity index (χ3n) is 3.29. The molecule has 1 aliphatic rings. The van der Waals surface area contributed by atoms with Crippen LogP contribution in [0.2, 0.25) is 0 Å². The molecule has 0 radical (unpaired) electrons. The van der Waals surface area contributed by atoms with Crippen molar-refractivity contribution in [1.29, 1.82) is 0 Å². The number of benzene rings is 1. The molecule has 6 nitrogen and oxygen atoms in total. The van der Waals surface area contributed by atoms with E-state index in [4.69, 9.17) is 0 Å². The molecule has 0 bridgehead atoms. The van der Waals surface area contributed by atoms with Crippen LogP contribution in [0, 0.1) is 5.82 Å². The summed E-state index contributed by atoms with van der Waals surface area (Å²) >= 11 is 0. The number of piperidine rings is 1. The highest BCUT2D eigenvalue weighted by atomic mass is 32.2. The van der Waals surface area contributed by atoms with Gasteiger partial charge >= 0.3 is 0 Å². The molecule has 0 amide bonds. The number of rotatable bonds is 4. The summed E-state index contributed by atoms with van der Waals surface area (Å²) in [5, 5.41) is 0. The zero-order valence-electron chi connectivity index (χ0n) is 11.5. The van der Waals surface area contributed by atoms with Crippen molar-refractivity contribution in [3.05, 3.63) is 30.1 Å². The largest absolute Gasteiger partial charge is 0.243 e. The first-order valence-corrected chi connectivity index (χ1v) is 9.75. The van der Waals surface area contributed by atoms with E-state index in [9.17, 15) is 21.2 Å². The van der Waals surface area contributed by atoms with Crippen LogP contribution in [0.25, 0.3) is 0 Å². The fourth-order valence-corrected chi connectivity index (χ4v) is 4.58. The second kappa shape index (κ2) is 5.99. The quantitative estimate of drug-likeness (QED) is 0.869. The topological polar surface area (TPSA) is 83.6 Å². The van der Waals surface area contributed by atoms with E-state index in [0.717, 1.165) is 18.4 Å². The van der Waals surface area contributed by atoms with Crippen molar-refractivity contribution in [2.45, 2.75) is 23.8 Å². The average Bonchev–Trinajstić information content (AvgIpc) is 2.38. The van der Waals surface area contributed by atoms with Crippen LogP contribution >= 0.6 is 0 Å². The van der Waals surface area contributed by atoms with E-state index in [1.807, 2.05) is 0 Å². The zero-order valence-corrected chi connectivity index (χ0v) is 13.1. The van der Waals surface area contributed by atoms with Crippen LogP contribution < -0.4 is 4.72 Å². The number of halogens is 1. The molecule has 1 saturated heterocycles. The molecular weight excluding hydrogens is 319 g/mol. The Bertz CT molecular complexity index is 693. The maximum atomic E-state index is 12.9. The highest BCUT2D eigenvalue weighted by molar-refractivity contribution is 7.89. The molecule has 0 atom stereocenters. The third kappa shape index (κ3) is 4.22. The Labute approximate surface area is 124 Å². The highest BCUT2D eigenvalue weighted by Crippen LogP contribution is 2.21. The lowest BCUT2D eigenvalue weighted by molar-refractivity contribution is 0.309. The lowest BCUT2D eigenvalue weighted by Gasteiger charge is -2.31. The van der Waals surface area contributed by atoms with Gasteiger partial charge in [-0.1, -0.05) is 0 Å². The number of hydrogen-bond acceptors (Lipinski definition) is 4. The number of sulfonamides is 2. The first-order chi connectivity index (χ1) is 9.68. The molecule has 0 saturated carbocycles. The summed E-state index contributed by atoms with van der Waals surface area (Å²) in [5.74, 6) is -0.495. The summed E-state index contributed by atoms with van der Waals surface area (Å²) in [6, 6.07) is 4.41. The Hall–Kier alpha value is -1.03. The lowest BCUT2D eigenvalue weighted by Crippen LogP contribution is -2.46. The molecule has 0 aromatic heterocycles. The summed E-state index contributed by atoms with van der Waals surface area (Å²) in [5.41, 5.74) is 0. The van der Waals surface area contributed by atoms with Crippen LogP contribution in [0.4, 0.5) is 4.39 Å². The second-order valence-corrected chi connectivity index (χ2v) is 8.74. The minimum absolute atomic E-state index is 0.0402. The van der Waals surface area contributed by atoms with Crippen LogP contribution in [0.5, 0.6) is 0 Å². The lowest BCUT2D eigenvalue weighted by atomic mass is 10.1. The zero-order chi connectivity index (χ0) is 15.7. The summed E-state index contributed by atoms with van der Waals surface area (Å²) in [7, 11) is -6.95. The molecule has 0 unspecified atom stereocenters. The fourth-order valence-electron chi connectivity index (χ4n) is 2.27. The molecule has 2 rings (SSSR count). The van der Waals surface area contributed by atoms with Crippen LogP contribution in [0.1, 0.15) is 12.8 Å². The minimum Gasteiger partial charge on any atom is -0.213 e. The highest BCUT2D eigenvalue weighted by Gasteiger charge is 2.30. The second-order valence-electron chi connectivity index (χ2n) is 5.02. The van der Waals surface area contributed by atoms with Crippen molar-refractivity contribution in [3.63, 3.8) is 0 Å². The van der Waals surface area contributed by atoms with Gasteiger partial charge in [0.2, 0.25) is 20.0 Å². The summed E-state index contributed by atoms with van der Waals surface area (Å²) in [6.07, 6.45) is 1.90. The van der Waals surface area contributed by atoms with Gasteiger partial charge in [-0.05, 0) is 37.1 Å². The van der Waals surface area contributed by atoms with E-state index in [-0.39, 0.29) is 24.0 Å². The molecule has 1 heterocycles. The smallest absolute Gasteiger partial charge is 0.213 e. The van der Waals surface area contributed by atoms with Crippen LogP contribution in [-0.2, 0) is 20.0 Å². The summed E-state index contributed by atoms with van der Waals surface area (Å²) in [6.45, 7) is 0.458. The molecule has 1 fully saturated rings. The van der Waals surface area contributed by atoms with Gasteiger partial charge in [-0.25, -0.2) is 25.9 Å². The molecule has 0 aliphatic carbocycles. The van der Waals surface area contributed by atoms with Gasteiger partial charge in [-0.2, -0.15) is 4.31 Å². The first-order valence-electron chi connectivity index (χ1n) is 6.41. The van der Waals surface area contributed by atoms with Crippen molar-refractivity contribution in [2.24, 2.45) is 0 Å². The molecular formula is C12H17FN2O4S2. The first kappa shape index (κ1) is 16.3. The predicted molar refractivity (Wildman–Crippen MR) is 76.2 cm³/mol. The SMILES string of the molecule is CS(=O)(=O)NC1CCN(S(=O)(=O)c2ccc(F)cc2)CC1. The van der Waals surface area contributed by atoms with Gasteiger partial charge in [-0.3, -0.25) is 0 Å². The van der Waals surface area contributed by atoms with Crippen molar-refractivity contribution in [3.8, 4) is 0 Å². The maximum Gasteiger partial charge on any atom is 0.243 e. The molecule has 1 aliphatic heterocycles. The van der Waals surface area contributed by atoms with Crippen molar-refractivity contribution >= 4 is 20.0 Å². The minimum atomic E-state index is -3.66. The Morgan fingerprint density at radius 1 is 1.10 bits per heavy atom. The van der Waals surface area contributed by atoms with Crippen LogP contribution in [0.15, 0.2) is 29.2 Å². The van der Waals surface area contributed by atoms with Crippen LogP contribution in [-0.4, -0.2) is 46.5 Å². The summed E-state index contributed by atoms with van der Waals surface area (Å²) < 4.78 is 63.6. The van der Waals surface area contributed by atoms with Gasteiger partial charge in [-0.15, -0.1) is 0 Å². The van der Waals surface area contributed by atoms with Gasteiger partial charge in [0.1, 0.15) is 5.82 Å². The number of nitrogens with one attached hydrogen (secondary N) is 1. The Balaban J connectivity index is 2.06.